The van der Waals surface area contributed by atoms with Crippen LogP contribution in [-0.2, 0) is 14.4 Å². The van der Waals surface area contributed by atoms with Gasteiger partial charge in [-0.1, -0.05) is 0 Å². The number of carboxylic acid groups (broad SMARTS) is 1. The molecule has 0 radical (unpaired) electrons. The van der Waals surface area contributed by atoms with Gasteiger partial charge in [0.2, 0.25) is 0 Å². The maximum absolute atomic E-state index is 10.6. The van der Waals surface area contributed by atoms with Crippen molar-refractivity contribution in [1.82, 2.24) is 10.6 Å². The number of hydrogen-bond acceptors (Lipinski definition) is 6. The van der Waals surface area contributed by atoms with Gasteiger partial charge in [0, 0.05) is 5.75 Å². The monoisotopic (exact) mass is 278 g/mol. The van der Waals surface area contributed by atoms with E-state index in [0.29, 0.717) is 5.75 Å². The number of rotatable bonds is 7. The van der Waals surface area contributed by atoms with Crippen LogP contribution in [0.25, 0.3) is 0 Å². The zero-order valence-corrected chi connectivity index (χ0v) is 12.1. The molecule has 0 spiro atoms. The molecular formula is C11H22N2O4S. The molecule has 0 saturated carbocycles. The second-order valence-corrected chi connectivity index (χ2v) is 4.05. The molecule has 0 fully saturated rings. The van der Waals surface area contributed by atoms with Crippen LogP contribution in [0.5, 0.6) is 0 Å². The van der Waals surface area contributed by atoms with Gasteiger partial charge in [-0.2, -0.15) is 12.6 Å². The number of hydrogen-bond donors (Lipinski definition) is 4. The molecule has 0 aromatic heterocycles. The number of thiol groups is 1. The van der Waals surface area contributed by atoms with E-state index in [2.05, 4.69) is 23.3 Å². The van der Waals surface area contributed by atoms with Gasteiger partial charge < -0.3 is 15.7 Å². The van der Waals surface area contributed by atoms with Crippen LogP contribution in [0.1, 0.15) is 20.3 Å². The van der Waals surface area contributed by atoms with E-state index in [1.54, 1.807) is 21.0 Å². The van der Waals surface area contributed by atoms with Gasteiger partial charge in [-0.15, -0.1) is 0 Å². The Morgan fingerprint density at radius 1 is 1.06 bits per heavy atom. The fourth-order valence-corrected chi connectivity index (χ4v) is 1.49. The van der Waals surface area contributed by atoms with Crippen LogP contribution in [0.3, 0.4) is 0 Å². The Bertz CT molecular complexity index is 280. The Kier molecular flexibility index (Phi) is 12.1. The van der Waals surface area contributed by atoms with Crippen LogP contribution in [0.15, 0.2) is 0 Å². The fraction of sp³-hybridized carbons (Fsp3) is 0.727. The van der Waals surface area contributed by atoms with Crippen molar-refractivity contribution in [2.75, 3.05) is 19.8 Å². The molecule has 0 unspecified atom stereocenters. The number of carbonyl (C=O) groups excluding carboxylic acids is 2. The predicted molar refractivity (Wildman–Crippen MR) is 73.2 cm³/mol. The van der Waals surface area contributed by atoms with Gasteiger partial charge >= 0.3 is 5.97 Å². The lowest BCUT2D eigenvalue weighted by atomic mass is 10.1. The summed E-state index contributed by atoms with van der Waals surface area (Å²) in [6, 6.07) is -0.615. The van der Waals surface area contributed by atoms with E-state index in [1.165, 1.54) is 6.92 Å². The molecule has 0 aliphatic heterocycles. The summed E-state index contributed by atoms with van der Waals surface area (Å²) in [5, 5.41) is 13.7. The highest BCUT2D eigenvalue weighted by molar-refractivity contribution is 7.80. The first kappa shape index (κ1) is 19.4. The van der Waals surface area contributed by atoms with Gasteiger partial charge in [-0.3, -0.25) is 14.4 Å². The van der Waals surface area contributed by atoms with Crippen molar-refractivity contribution in [2.45, 2.75) is 32.4 Å². The highest BCUT2D eigenvalue weighted by Crippen LogP contribution is 1.91. The molecule has 6 nitrogen and oxygen atoms in total. The zero-order chi connectivity index (χ0) is 14.7. The number of nitrogens with one attached hydrogen (secondary N) is 2. The number of Topliss-reactive ketones (excluding diaryl/α,β-unsaturated/α-hetero) is 2. The number of likely N-dealkylation sites (N-methyl/N-ethyl adjacent to an activating group) is 2. The molecule has 0 saturated heterocycles. The highest BCUT2D eigenvalue weighted by atomic mass is 32.1. The first-order chi connectivity index (χ1) is 8.29. The first-order valence-electron chi connectivity index (χ1n) is 5.48. The van der Waals surface area contributed by atoms with E-state index in [-0.39, 0.29) is 24.0 Å². The summed E-state index contributed by atoms with van der Waals surface area (Å²) >= 11 is 3.95. The minimum Gasteiger partial charge on any atom is -0.481 e. The van der Waals surface area contributed by atoms with Crippen LogP contribution in [0, 0.1) is 0 Å². The molecule has 0 aromatic carbocycles. The average molecular weight is 278 g/mol. The van der Waals surface area contributed by atoms with Gasteiger partial charge in [-0.25, -0.2) is 0 Å². The molecule has 2 atom stereocenters. The van der Waals surface area contributed by atoms with E-state index < -0.39 is 12.0 Å². The van der Waals surface area contributed by atoms with Crippen molar-refractivity contribution >= 4 is 30.2 Å². The first-order valence-corrected chi connectivity index (χ1v) is 6.11. The largest absolute Gasteiger partial charge is 0.481 e. The lowest BCUT2D eigenvalue weighted by Gasteiger charge is -2.07. The van der Waals surface area contributed by atoms with Crippen LogP contribution < -0.4 is 10.6 Å². The van der Waals surface area contributed by atoms with Crippen LogP contribution >= 0.6 is 12.6 Å². The minimum absolute atomic E-state index is 0.0710. The molecule has 0 rings (SSSR count). The van der Waals surface area contributed by atoms with Gasteiger partial charge in [0.25, 0.3) is 0 Å². The highest BCUT2D eigenvalue weighted by Gasteiger charge is 2.14. The quantitative estimate of drug-likeness (QED) is 0.479. The lowest BCUT2D eigenvalue weighted by molar-refractivity contribution is -0.139. The fourth-order valence-electron chi connectivity index (χ4n) is 1.05. The van der Waals surface area contributed by atoms with Crippen molar-refractivity contribution in [1.29, 1.82) is 0 Å². The summed E-state index contributed by atoms with van der Waals surface area (Å²) in [4.78, 5) is 31.2. The zero-order valence-electron chi connectivity index (χ0n) is 11.2. The summed E-state index contributed by atoms with van der Waals surface area (Å²) < 4.78 is 0. The van der Waals surface area contributed by atoms with E-state index in [4.69, 9.17) is 5.11 Å². The summed E-state index contributed by atoms with van der Waals surface area (Å²) in [5.41, 5.74) is 0. The summed E-state index contributed by atoms with van der Waals surface area (Å²) in [6.45, 7) is 2.92. The van der Waals surface area contributed by atoms with Crippen molar-refractivity contribution in [3.8, 4) is 0 Å². The van der Waals surface area contributed by atoms with E-state index in [1.807, 2.05) is 0 Å². The van der Waals surface area contributed by atoms with Crippen LogP contribution in [0.2, 0.25) is 0 Å². The third-order valence-electron chi connectivity index (χ3n) is 2.24. The van der Waals surface area contributed by atoms with E-state index >= 15 is 0 Å². The second-order valence-electron chi connectivity index (χ2n) is 3.68. The molecule has 3 N–H and O–H groups in total. The van der Waals surface area contributed by atoms with E-state index in [9.17, 15) is 14.4 Å². The Morgan fingerprint density at radius 3 is 1.50 bits per heavy atom. The Balaban J connectivity index is 0. The van der Waals surface area contributed by atoms with Gasteiger partial charge in [0.05, 0.1) is 18.5 Å². The van der Waals surface area contributed by atoms with Crippen molar-refractivity contribution in [2.24, 2.45) is 0 Å². The number of carboxylic acids is 1. The molecule has 0 amide bonds. The number of aliphatic carboxylic acids is 1. The molecule has 7 heteroatoms. The molecule has 18 heavy (non-hydrogen) atoms. The van der Waals surface area contributed by atoms with Crippen molar-refractivity contribution in [3.05, 3.63) is 0 Å². The average Bonchev–Trinajstić information content (AvgIpc) is 2.27. The smallest absolute Gasteiger partial charge is 0.305 e. The third kappa shape index (κ3) is 10.2. The minimum atomic E-state index is -0.963. The molecule has 0 heterocycles. The Labute approximate surface area is 113 Å². The second kappa shape index (κ2) is 11.2. The van der Waals surface area contributed by atoms with Gasteiger partial charge in [-0.05, 0) is 27.9 Å². The molecule has 0 aromatic rings. The normalized spacial score (nSPS) is 12.9. The molecule has 0 bridgehead atoms. The van der Waals surface area contributed by atoms with Crippen LogP contribution in [0.4, 0.5) is 0 Å². The van der Waals surface area contributed by atoms with Crippen LogP contribution in [-0.4, -0.2) is 54.6 Å². The molecular weight excluding hydrogens is 256 g/mol. The van der Waals surface area contributed by atoms with Crippen molar-refractivity contribution < 1.29 is 19.5 Å². The molecule has 0 aliphatic carbocycles. The van der Waals surface area contributed by atoms with Gasteiger partial charge in [0.15, 0.2) is 0 Å². The van der Waals surface area contributed by atoms with E-state index in [0.717, 1.165) is 0 Å². The lowest BCUT2D eigenvalue weighted by Crippen LogP contribution is -2.34. The summed E-state index contributed by atoms with van der Waals surface area (Å²) in [6.07, 6.45) is -0.147. The topological polar surface area (TPSA) is 95.5 Å². The third-order valence-corrected chi connectivity index (χ3v) is 2.60. The van der Waals surface area contributed by atoms with Crippen molar-refractivity contribution in [3.63, 3.8) is 0 Å². The molecule has 0 aliphatic rings. The van der Waals surface area contributed by atoms with Gasteiger partial charge in [0.1, 0.15) is 11.6 Å². The Hall–Kier alpha value is -0.920. The standard InChI is InChI=1S/C6H11NO3.C5H11NOS/c1-4(8)5(7-2)3-6(9)10;1-4(7)5(3-8)6-2/h5,7H,3H2,1-2H3,(H,9,10);5-6,8H,3H2,1-2H3/t2*5-/m00/s1. The summed E-state index contributed by atoms with van der Waals surface area (Å²) in [5.74, 6) is -0.395. The maximum Gasteiger partial charge on any atom is 0.305 e. The summed E-state index contributed by atoms with van der Waals surface area (Å²) in [7, 11) is 3.32. The SMILES string of the molecule is CN[C@@H](CC(=O)O)C(C)=O.CN[C@@H](CS)C(C)=O. The predicted octanol–water partition coefficient (Wildman–Crippen LogP) is -0.269. The Morgan fingerprint density at radius 2 is 1.44 bits per heavy atom. The number of carbonyl (C=O) groups is 3. The maximum atomic E-state index is 10.6. The molecule has 106 valence electrons. The number of ketones is 2.